The molecule has 0 aliphatic carbocycles. The van der Waals surface area contributed by atoms with E-state index >= 15 is 0 Å². The zero-order chi connectivity index (χ0) is 17.6. The highest BCUT2D eigenvalue weighted by atomic mass is 16.6. The van der Waals surface area contributed by atoms with Crippen LogP contribution in [-0.2, 0) is 17.7 Å². The first-order chi connectivity index (χ1) is 12.0. The van der Waals surface area contributed by atoms with Crippen LogP contribution in [0.2, 0.25) is 0 Å². The molecule has 6 heteroatoms. The predicted octanol–water partition coefficient (Wildman–Crippen LogP) is 3.05. The van der Waals surface area contributed by atoms with Gasteiger partial charge in [0.05, 0.1) is 17.8 Å². The van der Waals surface area contributed by atoms with Crippen molar-refractivity contribution < 1.29 is 18.7 Å². The Morgan fingerprint density at radius 1 is 1.20 bits per heavy atom. The van der Waals surface area contributed by atoms with Gasteiger partial charge in [-0.05, 0) is 43.5 Å². The molecule has 1 aromatic heterocycles. The molecular weight excluding hydrogens is 320 g/mol. The molecule has 2 aliphatic heterocycles. The number of carbonyl (C=O) groups excluding carboxylic acids is 2. The second-order valence-electron chi connectivity index (χ2n) is 6.48. The van der Waals surface area contributed by atoms with Crippen LogP contribution in [0, 0.1) is 13.8 Å². The molecule has 3 heterocycles. The lowest BCUT2D eigenvalue weighted by Crippen LogP contribution is -2.37. The van der Waals surface area contributed by atoms with Crippen molar-refractivity contribution in [3.63, 3.8) is 0 Å². The Balaban J connectivity index is 1.61. The third-order valence-electron chi connectivity index (χ3n) is 4.85. The molecule has 2 amide bonds. The van der Waals surface area contributed by atoms with Gasteiger partial charge < -0.3 is 14.1 Å². The van der Waals surface area contributed by atoms with Crippen LogP contribution in [-0.4, -0.2) is 36.6 Å². The summed E-state index contributed by atoms with van der Waals surface area (Å²) in [5, 5.41) is 0. The molecule has 0 atom stereocenters. The summed E-state index contributed by atoms with van der Waals surface area (Å²) in [7, 11) is 0. The highest BCUT2D eigenvalue weighted by Gasteiger charge is 2.30. The summed E-state index contributed by atoms with van der Waals surface area (Å²) >= 11 is 0. The summed E-state index contributed by atoms with van der Waals surface area (Å²) in [5.74, 6) is 1.39. The van der Waals surface area contributed by atoms with E-state index < -0.39 is 0 Å². The summed E-state index contributed by atoms with van der Waals surface area (Å²) in [6, 6.07) is 7.70. The van der Waals surface area contributed by atoms with Crippen molar-refractivity contribution in [1.29, 1.82) is 0 Å². The molecule has 0 saturated carbocycles. The van der Waals surface area contributed by atoms with Crippen molar-refractivity contribution in [3.05, 3.63) is 52.5 Å². The van der Waals surface area contributed by atoms with Gasteiger partial charge >= 0.3 is 6.09 Å². The first-order valence-corrected chi connectivity index (χ1v) is 8.46. The lowest BCUT2D eigenvalue weighted by Gasteiger charge is -2.31. The summed E-state index contributed by atoms with van der Waals surface area (Å²) in [5.41, 5.74) is 3.74. The molecule has 0 unspecified atom stereocenters. The fourth-order valence-electron chi connectivity index (χ4n) is 3.64. The van der Waals surface area contributed by atoms with E-state index in [-0.39, 0.29) is 12.0 Å². The SMILES string of the molecule is Cc1cc(C(=O)N2CCc3c(cccc3N3CCOC3=O)C2)c(C)o1. The molecule has 0 N–H and O–H groups in total. The minimum absolute atomic E-state index is 0.00835. The third-order valence-corrected chi connectivity index (χ3v) is 4.85. The van der Waals surface area contributed by atoms with Crippen LogP contribution in [0.4, 0.5) is 10.5 Å². The van der Waals surface area contributed by atoms with E-state index in [9.17, 15) is 9.59 Å². The Hall–Kier alpha value is -2.76. The Labute approximate surface area is 146 Å². The monoisotopic (exact) mass is 340 g/mol. The van der Waals surface area contributed by atoms with Gasteiger partial charge in [-0.15, -0.1) is 0 Å². The van der Waals surface area contributed by atoms with Crippen LogP contribution in [0.25, 0.3) is 0 Å². The van der Waals surface area contributed by atoms with E-state index in [0.29, 0.717) is 37.6 Å². The van der Waals surface area contributed by atoms with Gasteiger partial charge in [0.2, 0.25) is 0 Å². The first kappa shape index (κ1) is 15.7. The molecule has 1 aromatic carbocycles. The van der Waals surface area contributed by atoms with Crippen LogP contribution in [0.1, 0.15) is 33.0 Å². The van der Waals surface area contributed by atoms with Crippen LogP contribution >= 0.6 is 0 Å². The zero-order valence-corrected chi connectivity index (χ0v) is 14.4. The van der Waals surface area contributed by atoms with E-state index in [0.717, 1.165) is 29.0 Å². The van der Waals surface area contributed by atoms with Crippen LogP contribution in [0.3, 0.4) is 0 Å². The van der Waals surface area contributed by atoms with Crippen molar-refractivity contribution in [2.24, 2.45) is 0 Å². The number of anilines is 1. The first-order valence-electron chi connectivity index (χ1n) is 8.46. The van der Waals surface area contributed by atoms with Gasteiger partial charge in [-0.3, -0.25) is 9.69 Å². The standard InChI is InChI=1S/C19H20N2O4/c1-12-10-16(13(2)25-12)18(22)20-7-6-15-14(11-20)4-3-5-17(15)21-8-9-24-19(21)23/h3-5,10H,6-9,11H2,1-2H3. The van der Waals surface area contributed by atoms with Crippen molar-refractivity contribution in [1.82, 2.24) is 4.90 Å². The molecule has 6 nitrogen and oxygen atoms in total. The van der Waals surface area contributed by atoms with E-state index in [1.807, 2.05) is 36.9 Å². The van der Waals surface area contributed by atoms with E-state index in [1.54, 1.807) is 11.0 Å². The fraction of sp³-hybridized carbons (Fsp3) is 0.368. The molecule has 2 aromatic rings. The molecule has 1 saturated heterocycles. The lowest BCUT2D eigenvalue weighted by atomic mass is 9.96. The number of ether oxygens (including phenoxy) is 1. The predicted molar refractivity (Wildman–Crippen MR) is 91.8 cm³/mol. The molecule has 0 bridgehead atoms. The normalized spacial score (nSPS) is 16.8. The molecule has 0 spiro atoms. The van der Waals surface area contributed by atoms with Gasteiger partial charge in [0.15, 0.2) is 0 Å². The smallest absolute Gasteiger partial charge is 0.414 e. The van der Waals surface area contributed by atoms with E-state index in [2.05, 4.69) is 0 Å². The summed E-state index contributed by atoms with van der Waals surface area (Å²) in [4.78, 5) is 28.2. The molecule has 2 aliphatic rings. The largest absolute Gasteiger partial charge is 0.466 e. The fourth-order valence-corrected chi connectivity index (χ4v) is 3.64. The second-order valence-corrected chi connectivity index (χ2v) is 6.48. The van der Waals surface area contributed by atoms with Gasteiger partial charge in [-0.25, -0.2) is 4.79 Å². The molecule has 0 radical (unpaired) electrons. The number of benzene rings is 1. The molecule has 130 valence electrons. The number of nitrogens with zero attached hydrogens (tertiary/aromatic N) is 2. The van der Waals surface area contributed by atoms with Crippen molar-refractivity contribution in [2.75, 3.05) is 24.6 Å². The Morgan fingerprint density at radius 3 is 2.72 bits per heavy atom. The number of hydrogen-bond acceptors (Lipinski definition) is 4. The average Bonchev–Trinajstić information content (AvgIpc) is 3.18. The van der Waals surface area contributed by atoms with Crippen molar-refractivity contribution >= 4 is 17.7 Å². The minimum Gasteiger partial charge on any atom is -0.466 e. The Kier molecular flexibility index (Phi) is 3.75. The second kappa shape index (κ2) is 5.95. The van der Waals surface area contributed by atoms with Gasteiger partial charge in [0.1, 0.15) is 18.1 Å². The number of aryl methyl sites for hydroxylation is 2. The van der Waals surface area contributed by atoms with Gasteiger partial charge in [-0.1, -0.05) is 12.1 Å². The highest BCUT2D eigenvalue weighted by molar-refractivity contribution is 5.95. The summed E-state index contributed by atoms with van der Waals surface area (Å²) in [6.45, 7) is 5.81. The van der Waals surface area contributed by atoms with Gasteiger partial charge in [-0.2, -0.15) is 0 Å². The Morgan fingerprint density at radius 2 is 2.04 bits per heavy atom. The quantitative estimate of drug-likeness (QED) is 0.843. The lowest BCUT2D eigenvalue weighted by molar-refractivity contribution is 0.0733. The number of hydrogen-bond donors (Lipinski definition) is 0. The van der Waals surface area contributed by atoms with Crippen LogP contribution in [0.5, 0.6) is 0 Å². The summed E-state index contributed by atoms with van der Waals surface area (Å²) in [6.07, 6.45) is 0.424. The number of amides is 2. The number of cyclic esters (lactones) is 1. The maximum atomic E-state index is 12.8. The zero-order valence-electron chi connectivity index (χ0n) is 14.4. The number of fused-ring (bicyclic) bond motifs is 1. The topological polar surface area (TPSA) is 63.0 Å². The van der Waals surface area contributed by atoms with Crippen LogP contribution < -0.4 is 4.90 Å². The number of rotatable bonds is 2. The van der Waals surface area contributed by atoms with Crippen molar-refractivity contribution in [2.45, 2.75) is 26.8 Å². The number of carbonyl (C=O) groups is 2. The van der Waals surface area contributed by atoms with Crippen LogP contribution in [0.15, 0.2) is 28.7 Å². The molecular formula is C19H20N2O4. The molecule has 1 fully saturated rings. The highest BCUT2D eigenvalue weighted by Crippen LogP contribution is 2.31. The Bertz CT molecular complexity index is 855. The maximum Gasteiger partial charge on any atom is 0.414 e. The minimum atomic E-state index is -0.295. The maximum absolute atomic E-state index is 12.8. The number of furan rings is 1. The third kappa shape index (κ3) is 2.67. The van der Waals surface area contributed by atoms with Gasteiger partial charge in [0.25, 0.3) is 5.91 Å². The summed E-state index contributed by atoms with van der Waals surface area (Å²) < 4.78 is 10.5. The van der Waals surface area contributed by atoms with Gasteiger partial charge in [0, 0.05) is 13.1 Å². The van der Waals surface area contributed by atoms with E-state index in [4.69, 9.17) is 9.15 Å². The molecule has 25 heavy (non-hydrogen) atoms. The van der Waals surface area contributed by atoms with Crippen molar-refractivity contribution in [3.8, 4) is 0 Å². The van der Waals surface area contributed by atoms with E-state index in [1.165, 1.54) is 0 Å². The average molecular weight is 340 g/mol. The molecule has 4 rings (SSSR count).